The lowest BCUT2D eigenvalue weighted by Gasteiger charge is -2.14. The molecule has 1 aromatic heterocycles. The van der Waals surface area contributed by atoms with E-state index in [-0.39, 0.29) is 17.0 Å². The molecule has 0 saturated carbocycles. The third-order valence-electron chi connectivity index (χ3n) is 4.84. The van der Waals surface area contributed by atoms with Crippen LogP contribution in [0.3, 0.4) is 0 Å². The molecular weight excluding hydrogens is 408 g/mol. The summed E-state index contributed by atoms with van der Waals surface area (Å²) >= 11 is 3.48. The first-order valence-electron chi connectivity index (χ1n) is 8.90. The number of anilines is 1. The Hall–Kier alpha value is -2.60. The Bertz CT molecular complexity index is 1120. The molecule has 1 aliphatic rings. The average molecular weight is 427 g/mol. The highest BCUT2D eigenvalue weighted by atomic mass is 79.9. The molecule has 138 valence electrons. The van der Waals surface area contributed by atoms with Crippen LogP contribution in [0.1, 0.15) is 35.8 Å². The maximum absolute atomic E-state index is 13.0. The fourth-order valence-corrected chi connectivity index (χ4v) is 4.17. The van der Waals surface area contributed by atoms with Crippen LogP contribution in [0.25, 0.3) is 10.9 Å². The lowest BCUT2D eigenvalue weighted by Crippen LogP contribution is -2.24. The zero-order chi connectivity index (χ0) is 19.1. The molecule has 27 heavy (non-hydrogen) atoms. The number of nitrogens with zero attached hydrogens (tertiary/aromatic N) is 1. The zero-order valence-corrected chi connectivity index (χ0v) is 16.7. The number of hydrogen-bond acceptors (Lipinski definition) is 3. The Morgan fingerprint density at radius 2 is 2.11 bits per heavy atom. The molecule has 1 amide bonds. The highest BCUT2D eigenvalue weighted by molar-refractivity contribution is 9.10. The number of benzene rings is 2. The molecule has 1 aliphatic heterocycles. The number of ether oxygens (including phenoxy) is 1. The number of halogens is 1. The molecule has 0 aliphatic carbocycles. The van der Waals surface area contributed by atoms with E-state index in [4.69, 9.17) is 4.74 Å². The average Bonchev–Trinajstić information content (AvgIpc) is 2.95. The van der Waals surface area contributed by atoms with Gasteiger partial charge < -0.3 is 14.6 Å². The SMILES string of the molecule is CCOc1ccccc1NC(=O)c1cn2c3c(cc(Br)cc3c1=O)C[C@@H]2C. The van der Waals surface area contributed by atoms with E-state index in [9.17, 15) is 9.59 Å². The monoisotopic (exact) mass is 426 g/mol. The van der Waals surface area contributed by atoms with Crippen molar-refractivity contribution in [3.05, 3.63) is 68.4 Å². The maximum Gasteiger partial charge on any atom is 0.261 e. The molecule has 0 bridgehead atoms. The Labute approximate surface area is 165 Å². The minimum Gasteiger partial charge on any atom is -0.492 e. The molecule has 5 nitrogen and oxygen atoms in total. The largest absolute Gasteiger partial charge is 0.492 e. The van der Waals surface area contributed by atoms with Crippen LogP contribution < -0.4 is 15.5 Å². The summed E-state index contributed by atoms with van der Waals surface area (Å²) in [7, 11) is 0. The quantitative estimate of drug-likeness (QED) is 0.666. The molecule has 1 atom stereocenters. The number of aromatic nitrogens is 1. The maximum atomic E-state index is 13.0. The van der Waals surface area contributed by atoms with Crippen LogP contribution in [-0.2, 0) is 6.42 Å². The van der Waals surface area contributed by atoms with Crippen molar-refractivity contribution in [2.75, 3.05) is 11.9 Å². The standard InChI is InChI=1S/C21H19BrN2O3/c1-3-27-18-7-5-4-6-17(18)23-21(26)16-11-24-12(2)8-13-9-14(22)10-15(19(13)24)20(16)25/h4-7,9-12H,3,8H2,1-2H3,(H,23,26)/t12-/m0/s1. The van der Waals surface area contributed by atoms with E-state index in [1.165, 1.54) is 0 Å². The topological polar surface area (TPSA) is 60.3 Å². The van der Waals surface area contributed by atoms with Crippen LogP contribution in [0, 0.1) is 0 Å². The van der Waals surface area contributed by atoms with E-state index < -0.39 is 5.91 Å². The molecule has 0 spiro atoms. The molecule has 0 fully saturated rings. The summed E-state index contributed by atoms with van der Waals surface area (Å²) in [6.07, 6.45) is 2.52. The van der Waals surface area contributed by atoms with E-state index in [2.05, 4.69) is 28.2 Å². The fourth-order valence-electron chi connectivity index (χ4n) is 3.66. The van der Waals surface area contributed by atoms with Gasteiger partial charge in [0.1, 0.15) is 11.3 Å². The van der Waals surface area contributed by atoms with Gasteiger partial charge in [-0.15, -0.1) is 0 Å². The van der Waals surface area contributed by atoms with Crippen molar-refractivity contribution in [3.8, 4) is 5.75 Å². The Morgan fingerprint density at radius 1 is 1.33 bits per heavy atom. The third kappa shape index (κ3) is 3.04. The van der Waals surface area contributed by atoms with Gasteiger partial charge in [-0.25, -0.2) is 0 Å². The van der Waals surface area contributed by atoms with Crippen molar-refractivity contribution >= 4 is 38.4 Å². The first-order valence-corrected chi connectivity index (χ1v) is 9.69. The minimum absolute atomic E-state index is 0.131. The predicted octanol–water partition coefficient (Wildman–Crippen LogP) is 4.53. The van der Waals surface area contributed by atoms with Gasteiger partial charge in [-0.05, 0) is 50.1 Å². The number of para-hydroxylation sites is 2. The first kappa shape index (κ1) is 17.8. The van der Waals surface area contributed by atoms with Gasteiger partial charge in [0.2, 0.25) is 5.43 Å². The molecule has 6 heteroatoms. The molecule has 0 saturated heterocycles. The minimum atomic E-state index is -0.432. The van der Waals surface area contributed by atoms with Crippen molar-refractivity contribution in [1.29, 1.82) is 0 Å². The van der Waals surface area contributed by atoms with Gasteiger partial charge in [-0.1, -0.05) is 28.1 Å². The lowest BCUT2D eigenvalue weighted by atomic mass is 10.1. The smallest absolute Gasteiger partial charge is 0.261 e. The van der Waals surface area contributed by atoms with Crippen molar-refractivity contribution < 1.29 is 9.53 Å². The van der Waals surface area contributed by atoms with Crippen LogP contribution in [0.2, 0.25) is 0 Å². The number of pyridine rings is 1. The number of rotatable bonds is 4. The summed E-state index contributed by atoms with van der Waals surface area (Å²) in [4.78, 5) is 26.0. The van der Waals surface area contributed by atoms with E-state index in [0.717, 1.165) is 22.0 Å². The third-order valence-corrected chi connectivity index (χ3v) is 5.30. The van der Waals surface area contributed by atoms with Gasteiger partial charge in [-0.2, -0.15) is 0 Å². The van der Waals surface area contributed by atoms with E-state index in [0.29, 0.717) is 23.4 Å². The summed E-state index contributed by atoms with van der Waals surface area (Å²) in [5.41, 5.74) is 2.46. The Kier molecular flexibility index (Phi) is 4.52. The summed E-state index contributed by atoms with van der Waals surface area (Å²) < 4.78 is 8.43. The Morgan fingerprint density at radius 3 is 2.89 bits per heavy atom. The number of carbonyl (C=O) groups is 1. The number of amides is 1. The molecule has 4 rings (SSSR count). The van der Waals surface area contributed by atoms with Crippen LogP contribution in [0.4, 0.5) is 5.69 Å². The van der Waals surface area contributed by atoms with Crippen molar-refractivity contribution in [1.82, 2.24) is 4.57 Å². The molecule has 0 radical (unpaired) electrons. The van der Waals surface area contributed by atoms with Crippen molar-refractivity contribution in [3.63, 3.8) is 0 Å². The van der Waals surface area contributed by atoms with Gasteiger partial charge in [0, 0.05) is 22.1 Å². The van der Waals surface area contributed by atoms with Crippen LogP contribution in [0.15, 0.2) is 51.9 Å². The molecule has 3 aromatic rings. The summed E-state index contributed by atoms with van der Waals surface area (Å²) in [6, 6.07) is 11.2. The van der Waals surface area contributed by atoms with E-state index >= 15 is 0 Å². The number of carbonyl (C=O) groups excluding carboxylic acids is 1. The van der Waals surface area contributed by atoms with Gasteiger partial charge in [-0.3, -0.25) is 9.59 Å². The van der Waals surface area contributed by atoms with Gasteiger partial charge in [0.15, 0.2) is 0 Å². The highest BCUT2D eigenvalue weighted by Crippen LogP contribution is 2.33. The summed E-state index contributed by atoms with van der Waals surface area (Å²) in [5.74, 6) is 0.149. The molecule has 2 aromatic carbocycles. The zero-order valence-electron chi connectivity index (χ0n) is 15.1. The summed E-state index contributed by atoms with van der Waals surface area (Å²) in [5, 5.41) is 3.39. The van der Waals surface area contributed by atoms with Crippen molar-refractivity contribution in [2.24, 2.45) is 0 Å². The van der Waals surface area contributed by atoms with E-state index in [1.807, 2.05) is 29.7 Å². The molecule has 1 N–H and O–H groups in total. The Balaban J connectivity index is 1.81. The summed E-state index contributed by atoms with van der Waals surface area (Å²) in [6.45, 7) is 4.46. The second-order valence-corrected chi connectivity index (χ2v) is 7.59. The second-order valence-electron chi connectivity index (χ2n) is 6.68. The van der Waals surface area contributed by atoms with Gasteiger partial charge in [0.05, 0.1) is 17.8 Å². The lowest BCUT2D eigenvalue weighted by molar-refractivity contribution is 0.102. The first-order chi connectivity index (χ1) is 13.0. The highest BCUT2D eigenvalue weighted by Gasteiger charge is 2.25. The second kappa shape index (κ2) is 6.85. The molecule has 0 unspecified atom stereocenters. The normalized spacial score (nSPS) is 15.1. The van der Waals surface area contributed by atoms with Gasteiger partial charge >= 0.3 is 0 Å². The predicted molar refractivity (Wildman–Crippen MR) is 110 cm³/mol. The fraction of sp³-hybridized carbons (Fsp3) is 0.238. The molecular formula is C21H19BrN2O3. The van der Waals surface area contributed by atoms with Crippen LogP contribution in [-0.4, -0.2) is 17.1 Å². The van der Waals surface area contributed by atoms with Crippen molar-refractivity contribution in [2.45, 2.75) is 26.3 Å². The van der Waals surface area contributed by atoms with E-state index in [1.54, 1.807) is 24.4 Å². The number of hydrogen-bond donors (Lipinski definition) is 1. The van der Waals surface area contributed by atoms with Crippen LogP contribution in [0.5, 0.6) is 5.75 Å². The molecule has 2 heterocycles. The van der Waals surface area contributed by atoms with Gasteiger partial charge in [0.25, 0.3) is 5.91 Å². The van der Waals surface area contributed by atoms with Crippen LogP contribution >= 0.6 is 15.9 Å². The number of nitrogens with one attached hydrogen (secondary N) is 1.